The minimum atomic E-state index is -4.78. The summed E-state index contributed by atoms with van der Waals surface area (Å²) in [4.78, 5) is 37.2. The van der Waals surface area contributed by atoms with E-state index >= 15 is 0 Å². The Morgan fingerprint density at radius 3 is 2.06 bits per heavy atom. The summed E-state index contributed by atoms with van der Waals surface area (Å²) < 4.78 is 44.6. The van der Waals surface area contributed by atoms with Crippen LogP contribution in [-0.2, 0) is 14.3 Å². The number of aliphatic carboxylic acids is 1. The van der Waals surface area contributed by atoms with Gasteiger partial charge in [0.15, 0.2) is 0 Å². The normalized spacial score (nSPS) is 16.3. The Kier molecular flexibility index (Phi) is 6.73. The fraction of sp³-hybridized carbons (Fsp3) is 0.400. The number of benzene rings is 2. The molecular formula is C25H25F3N2O5. The van der Waals surface area contributed by atoms with E-state index in [0.717, 1.165) is 22.3 Å². The van der Waals surface area contributed by atoms with Crippen molar-refractivity contribution in [3.8, 4) is 11.1 Å². The molecule has 7 nitrogen and oxygen atoms in total. The summed E-state index contributed by atoms with van der Waals surface area (Å²) in [5.74, 6) is -2.86. The maximum Gasteiger partial charge on any atom is 0.408 e. The monoisotopic (exact) mass is 490 g/mol. The average Bonchev–Trinajstić information content (AvgIpc) is 3.39. The molecule has 0 bridgehead atoms. The number of fused-ring (bicyclic) bond motifs is 3. The quantitative estimate of drug-likeness (QED) is 0.603. The van der Waals surface area contributed by atoms with Crippen LogP contribution in [0.1, 0.15) is 42.7 Å². The van der Waals surface area contributed by atoms with Gasteiger partial charge in [0.1, 0.15) is 25.2 Å². The molecule has 1 fully saturated rings. The highest BCUT2D eigenvalue weighted by Crippen LogP contribution is 2.44. The van der Waals surface area contributed by atoms with E-state index in [1.54, 1.807) is 0 Å². The molecule has 186 valence electrons. The number of hydrogen-bond donors (Lipinski definition) is 2. The third-order valence-electron chi connectivity index (χ3n) is 6.53. The standard InChI is InChI=1S/C25H25F3N2O5/c26-25(27,28)15-30(13-21(31)32)22(33)24(11-5-6-12-24)29-23(34)35-14-20-18-9-3-1-7-16(18)17-8-2-4-10-19(17)20/h1-4,7-10,20H,5-6,11-15H2,(H,29,34)(H,31,32). The van der Waals surface area contributed by atoms with Crippen molar-refractivity contribution in [3.05, 3.63) is 59.7 Å². The summed E-state index contributed by atoms with van der Waals surface area (Å²) in [6.07, 6.45) is -4.50. The number of hydrogen-bond acceptors (Lipinski definition) is 4. The molecule has 2 N–H and O–H groups in total. The second-order valence-corrected chi connectivity index (χ2v) is 8.91. The number of carbonyl (C=O) groups excluding carboxylic acids is 2. The minimum Gasteiger partial charge on any atom is -0.480 e. The summed E-state index contributed by atoms with van der Waals surface area (Å²) in [5, 5.41) is 11.5. The predicted octanol–water partition coefficient (Wildman–Crippen LogP) is 4.31. The lowest BCUT2D eigenvalue weighted by molar-refractivity contribution is -0.169. The molecule has 1 saturated carbocycles. The van der Waals surface area contributed by atoms with Gasteiger partial charge in [-0.3, -0.25) is 9.59 Å². The molecule has 2 aliphatic carbocycles. The van der Waals surface area contributed by atoms with E-state index in [9.17, 15) is 27.6 Å². The Labute approximate surface area is 199 Å². The zero-order chi connectivity index (χ0) is 25.2. The zero-order valence-corrected chi connectivity index (χ0v) is 18.8. The first-order valence-corrected chi connectivity index (χ1v) is 11.3. The average molecular weight is 490 g/mol. The number of halogens is 3. The summed E-state index contributed by atoms with van der Waals surface area (Å²) in [6, 6.07) is 15.5. The van der Waals surface area contributed by atoms with E-state index in [2.05, 4.69) is 5.32 Å². The molecule has 2 aromatic carbocycles. The Bertz CT molecular complexity index is 1080. The van der Waals surface area contributed by atoms with Crippen molar-refractivity contribution in [3.63, 3.8) is 0 Å². The fourth-order valence-corrected chi connectivity index (χ4v) is 5.08. The van der Waals surface area contributed by atoms with Crippen LogP contribution >= 0.6 is 0 Å². The van der Waals surface area contributed by atoms with Crippen LogP contribution in [0.5, 0.6) is 0 Å². The van der Waals surface area contributed by atoms with Crippen LogP contribution in [-0.4, -0.2) is 59.4 Å². The molecular weight excluding hydrogens is 465 g/mol. The van der Waals surface area contributed by atoms with Gasteiger partial charge in [0.05, 0.1) is 0 Å². The van der Waals surface area contributed by atoms with Crippen molar-refractivity contribution < 1.29 is 37.4 Å². The molecule has 35 heavy (non-hydrogen) atoms. The number of carboxylic acid groups (broad SMARTS) is 1. The maximum atomic E-state index is 13.1. The van der Waals surface area contributed by atoms with Gasteiger partial charge < -0.3 is 20.1 Å². The van der Waals surface area contributed by atoms with Crippen molar-refractivity contribution in [1.82, 2.24) is 10.2 Å². The number of ether oxygens (including phenoxy) is 1. The number of carboxylic acids is 1. The van der Waals surface area contributed by atoms with E-state index in [4.69, 9.17) is 9.84 Å². The lowest BCUT2D eigenvalue weighted by Crippen LogP contribution is -2.60. The highest BCUT2D eigenvalue weighted by molar-refractivity contribution is 5.92. The second-order valence-electron chi connectivity index (χ2n) is 8.91. The maximum absolute atomic E-state index is 13.1. The number of carbonyl (C=O) groups is 3. The van der Waals surface area contributed by atoms with Gasteiger partial charge in [-0.1, -0.05) is 61.4 Å². The molecule has 0 atom stereocenters. The van der Waals surface area contributed by atoms with Crippen molar-refractivity contribution in [2.45, 2.75) is 43.3 Å². The number of nitrogens with one attached hydrogen (secondary N) is 1. The largest absolute Gasteiger partial charge is 0.480 e. The molecule has 0 aliphatic heterocycles. The van der Waals surface area contributed by atoms with E-state index in [1.165, 1.54) is 0 Å². The Hall–Kier alpha value is -3.56. The molecule has 4 rings (SSSR count). The number of amides is 2. The third kappa shape index (κ3) is 5.26. The Balaban J connectivity index is 1.49. The SMILES string of the molecule is O=C(O)CN(CC(F)(F)F)C(=O)C1(NC(=O)OCC2c3ccccc3-c3ccccc32)CCCC1. The van der Waals surface area contributed by atoms with Gasteiger partial charge >= 0.3 is 18.2 Å². The van der Waals surface area contributed by atoms with E-state index < -0.39 is 42.8 Å². The van der Waals surface area contributed by atoms with E-state index in [-0.39, 0.29) is 30.3 Å². The lowest BCUT2D eigenvalue weighted by Gasteiger charge is -2.34. The molecule has 2 aromatic rings. The first kappa shape index (κ1) is 24.6. The van der Waals surface area contributed by atoms with Crippen molar-refractivity contribution in [1.29, 1.82) is 0 Å². The number of nitrogens with zero attached hydrogens (tertiary/aromatic N) is 1. The van der Waals surface area contributed by atoms with Crippen LogP contribution in [0.25, 0.3) is 11.1 Å². The van der Waals surface area contributed by atoms with Gasteiger partial charge in [0.2, 0.25) is 5.91 Å². The third-order valence-corrected chi connectivity index (χ3v) is 6.53. The van der Waals surface area contributed by atoms with Gasteiger partial charge in [-0.25, -0.2) is 4.79 Å². The summed E-state index contributed by atoms with van der Waals surface area (Å²) >= 11 is 0. The molecule has 0 radical (unpaired) electrons. The van der Waals surface area contributed by atoms with Crippen LogP contribution in [0, 0.1) is 0 Å². The smallest absolute Gasteiger partial charge is 0.408 e. The Morgan fingerprint density at radius 1 is 1.00 bits per heavy atom. The van der Waals surface area contributed by atoms with Crippen LogP contribution in [0.3, 0.4) is 0 Å². The number of alkyl halides is 3. The van der Waals surface area contributed by atoms with Crippen LogP contribution in [0.15, 0.2) is 48.5 Å². The fourth-order valence-electron chi connectivity index (χ4n) is 5.08. The molecule has 0 spiro atoms. The van der Waals surface area contributed by atoms with Crippen LogP contribution in [0.4, 0.5) is 18.0 Å². The topological polar surface area (TPSA) is 95.9 Å². The lowest BCUT2D eigenvalue weighted by atomic mass is 9.95. The second kappa shape index (κ2) is 9.59. The van der Waals surface area contributed by atoms with E-state index in [0.29, 0.717) is 12.8 Å². The van der Waals surface area contributed by atoms with Gasteiger partial charge in [-0.2, -0.15) is 13.2 Å². The predicted molar refractivity (Wildman–Crippen MR) is 120 cm³/mol. The van der Waals surface area contributed by atoms with Crippen LogP contribution < -0.4 is 5.32 Å². The Morgan fingerprint density at radius 2 is 1.54 bits per heavy atom. The molecule has 0 unspecified atom stereocenters. The van der Waals surface area contributed by atoms with Crippen molar-refractivity contribution >= 4 is 18.0 Å². The molecule has 0 aromatic heterocycles. The number of rotatable bonds is 7. The molecule has 2 amide bonds. The highest BCUT2D eigenvalue weighted by atomic mass is 19.4. The van der Waals surface area contributed by atoms with Crippen molar-refractivity contribution in [2.24, 2.45) is 0 Å². The first-order chi connectivity index (χ1) is 16.6. The van der Waals surface area contributed by atoms with Gasteiger partial charge in [-0.15, -0.1) is 0 Å². The van der Waals surface area contributed by atoms with Gasteiger partial charge in [0, 0.05) is 5.92 Å². The molecule has 2 aliphatic rings. The van der Waals surface area contributed by atoms with Crippen molar-refractivity contribution in [2.75, 3.05) is 19.7 Å². The van der Waals surface area contributed by atoms with Gasteiger partial charge in [-0.05, 0) is 35.1 Å². The molecule has 10 heteroatoms. The summed E-state index contributed by atoms with van der Waals surface area (Å²) in [6.45, 7) is -2.86. The zero-order valence-electron chi connectivity index (χ0n) is 18.8. The minimum absolute atomic E-state index is 0.0223. The molecule has 0 heterocycles. The highest BCUT2D eigenvalue weighted by Gasteiger charge is 2.48. The van der Waals surface area contributed by atoms with E-state index in [1.807, 2.05) is 48.5 Å². The van der Waals surface area contributed by atoms with Gasteiger partial charge in [0.25, 0.3) is 0 Å². The summed E-state index contributed by atoms with van der Waals surface area (Å²) in [5.41, 5.74) is 2.42. The van der Waals surface area contributed by atoms with Crippen LogP contribution in [0.2, 0.25) is 0 Å². The first-order valence-electron chi connectivity index (χ1n) is 11.3. The molecule has 0 saturated heterocycles. The summed E-state index contributed by atoms with van der Waals surface area (Å²) in [7, 11) is 0. The number of alkyl carbamates (subject to hydrolysis) is 1.